The molecule has 5 heteroatoms. The van der Waals surface area contributed by atoms with E-state index in [0.29, 0.717) is 33.6 Å². The molecule has 0 saturated heterocycles. The smallest absolute Gasteiger partial charge is 0.193 e. The zero-order valence-corrected chi connectivity index (χ0v) is 14.6. The standard InChI is InChI=1S/C23H14F2N2O/c24-19-5-1-3-15(11-19)21-13-17(7-9-26-21)23(28)18-8-10-27-22(14-18)16-4-2-6-20(25)12-16/h1-14H. The van der Waals surface area contributed by atoms with Gasteiger partial charge >= 0.3 is 0 Å². The summed E-state index contributed by atoms with van der Waals surface area (Å²) < 4.78 is 27.0. The Morgan fingerprint density at radius 3 is 1.54 bits per heavy atom. The Morgan fingerprint density at radius 2 is 1.11 bits per heavy atom. The number of carbonyl (C=O) groups is 1. The van der Waals surface area contributed by atoms with E-state index < -0.39 is 0 Å². The highest BCUT2D eigenvalue weighted by Gasteiger charge is 2.13. The second kappa shape index (κ2) is 7.48. The van der Waals surface area contributed by atoms with E-state index in [1.165, 1.54) is 36.7 Å². The Hall–Kier alpha value is -3.73. The maximum absolute atomic E-state index is 13.5. The normalized spacial score (nSPS) is 10.6. The van der Waals surface area contributed by atoms with Crippen molar-refractivity contribution in [2.75, 3.05) is 0 Å². The van der Waals surface area contributed by atoms with Gasteiger partial charge in [0, 0.05) is 34.6 Å². The van der Waals surface area contributed by atoms with Crippen LogP contribution in [-0.4, -0.2) is 15.8 Å². The largest absolute Gasteiger partial charge is 0.289 e. The average molecular weight is 372 g/mol. The number of ketones is 1. The summed E-state index contributed by atoms with van der Waals surface area (Å²) in [5.74, 6) is -0.963. The van der Waals surface area contributed by atoms with E-state index in [4.69, 9.17) is 0 Å². The van der Waals surface area contributed by atoms with Crippen LogP contribution in [0.3, 0.4) is 0 Å². The number of carbonyl (C=O) groups excluding carboxylic acids is 1. The van der Waals surface area contributed by atoms with Gasteiger partial charge in [0.1, 0.15) is 11.6 Å². The lowest BCUT2D eigenvalue weighted by Crippen LogP contribution is -2.03. The van der Waals surface area contributed by atoms with Crippen molar-refractivity contribution in [3.05, 3.63) is 108 Å². The van der Waals surface area contributed by atoms with Gasteiger partial charge in [-0.3, -0.25) is 14.8 Å². The zero-order valence-electron chi connectivity index (χ0n) is 14.6. The van der Waals surface area contributed by atoms with Crippen LogP contribution in [0, 0.1) is 11.6 Å². The highest BCUT2D eigenvalue weighted by Crippen LogP contribution is 2.23. The van der Waals surface area contributed by atoms with Crippen LogP contribution >= 0.6 is 0 Å². The topological polar surface area (TPSA) is 42.9 Å². The summed E-state index contributed by atoms with van der Waals surface area (Å²) in [4.78, 5) is 21.4. The molecule has 0 aliphatic carbocycles. The van der Waals surface area contributed by atoms with Gasteiger partial charge in [-0.1, -0.05) is 24.3 Å². The molecule has 2 aromatic carbocycles. The fourth-order valence-corrected chi connectivity index (χ4v) is 2.92. The van der Waals surface area contributed by atoms with Gasteiger partial charge in [0.05, 0.1) is 11.4 Å². The number of pyridine rings is 2. The molecule has 0 fully saturated rings. The molecule has 0 atom stereocenters. The van der Waals surface area contributed by atoms with Crippen LogP contribution in [0.1, 0.15) is 15.9 Å². The molecule has 0 saturated carbocycles. The fraction of sp³-hybridized carbons (Fsp3) is 0. The molecule has 0 amide bonds. The second-order valence-electron chi connectivity index (χ2n) is 6.21. The molecule has 0 N–H and O–H groups in total. The fourth-order valence-electron chi connectivity index (χ4n) is 2.92. The van der Waals surface area contributed by atoms with Gasteiger partial charge in [0.25, 0.3) is 0 Å². The first kappa shape index (κ1) is 17.7. The zero-order chi connectivity index (χ0) is 19.5. The molecule has 0 aliphatic heterocycles. The number of hydrogen-bond donors (Lipinski definition) is 0. The van der Waals surface area contributed by atoms with Crippen LogP contribution in [0.4, 0.5) is 8.78 Å². The lowest BCUT2D eigenvalue weighted by molar-refractivity contribution is 0.103. The molecular formula is C23H14F2N2O. The van der Waals surface area contributed by atoms with Crippen molar-refractivity contribution in [1.82, 2.24) is 9.97 Å². The average Bonchev–Trinajstić information content (AvgIpc) is 2.73. The molecule has 3 nitrogen and oxygen atoms in total. The third kappa shape index (κ3) is 3.69. The van der Waals surface area contributed by atoms with Gasteiger partial charge in [-0.15, -0.1) is 0 Å². The van der Waals surface area contributed by atoms with Crippen molar-refractivity contribution in [3.63, 3.8) is 0 Å². The molecule has 2 heterocycles. The van der Waals surface area contributed by atoms with Crippen LogP contribution in [0.15, 0.2) is 85.2 Å². The van der Waals surface area contributed by atoms with Crippen molar-refractivity contribution in [2.45, 2.75) is 0 Å². The quantitative estimate of drug-likeness (QED) is 0.455. The van der Waals surface area contributed by atoms with E-state index in [2.05, 4.69) is 9.97 Å². The van der Waals surface area contributed by atoms with Crippen molar-refractivity contribution in [1.29, 1.82) is 0 Å². The summed E-state index contributed by atoms with van der Waals surface area (Å²) in [5.41, 5.74) is 3.03. The summed E-state index contributed by atoms with van der Waals surface area (Å²) >= 11 is 0. The van der Waals surface area contributed by atoms with E-state index >= 15 is 0 Å². The minimum Gasteiger partial charge on any atom is -0.289 e. The summed E-state index contributed by atoms with van der Waals surface area (Å²) in [5, 5.41) is 0. The number of halogens is 2. The van der Waals surface area contributed by atoms with Crippen molar-refractivity contribution in [3.8, 4) is 22.5 Å². The van der Waals surface area contributed by atoms with Crippen molar-refractivity contribution >= 4 is 5.78 Å². The first-order valence-electron chi connectivity index (χ1n) is 8.59. The summed E-state index contributed by atoms with van der Waals surface area (Å²) in [6.45, 7) is 0. The lowest BCUT2D eigenvalue weighted by atomic mass is 10.0. The maximum atomic E-state index is 13.5. The van der Waals surface area contributed by atoms with E-state index in [0.717, 1.165) is 0 Å². The lowest BCUT2D eigenvalue weighted by Gasteiger charge is -2.07. The predicted octanol–water partition coefficient (Wildman–Crippen LogP) is 5.32. The monoisotopic (exact) mass is 372 g/mol. The summed E-state index contributed by atoms with van der Waals surface area (Å²) in [6, 6.07) is 18.5. The number of benzene rings is 2. The van der Waals surface area contributed by atoms with Crippen molar-refractivity contribution in [2.24, 2.45) is 0 Å². The van der Waals surface area contributed by atoms with Gasteiger partial charge in [-0.2, -0.15) is 0 Å². The van der Waals surface area contributed by atoms with Gasteiger partial charge in [-0.05, 0) is 48.5 Å². The molecular weight excluding hydrogens is 358 g/mol. The molecule has 4 rings (SSSR count). The predicted molar refractivity (Wildman–Crippen MR) is 103 cm³/mol. The molecule has 0 unspecified atom stereocenters. The van der Waals surface area contributed by atoms with Crippen LogP contribution < -0.4 is 0 Å². The number of hydrogen-bond acceptors (Lipinski definition) is 3. The molecule has 28 heavy (non-hydrogen) atoms. The second-order valence-corrected chi connectivity index (χ2v) is 6.21. The van der Waals surface area contributed by atoms with Crippen LogP contribution in [0.2, 0.25) is 0 Å². The molecule has 136 valence electrons. The Labute approximate surface area is 160 Å². The molecule has 0 bridgehead atoms. The van der Waals surface area contributed by atoms with E-state index in [-0.39, 0.29) is 17.4 Å². The van der Waals surface area contributed by atoms with Gasteiger partial charge in [0.2, 0.25) is 0 Å². The molecule has 0 aliphatic rings. The molecule has 0 spiro atoms. The Morgan fingerprint density at radius 1 is 0.643 bits per heavy atom. The Balaban J connectivity index is 1.69. The highest BCUT2D eigenvalue weighted by atomic mass is 19.1. The number of aromatic nitrogens is 2. The Kier molecular flexibility index (Phi) is 4.72. The van der Waals surface area contributed by atoms with Crippen LogP contribution in [0.5, 0.6) is 0 Å². The minimum absolute atomic E-state index is 0.222. The molecule has 2 aromatic heterocycles. The van der Waals surface area contributed by atoms with Gasteiger partial charge < -0.3 is 0 Å². The van der Waals surface area contributed by atoms with E-state index in [1.54, 1.807) is 48.5 Å². The van der Waals surface area contributed by atoms with Crippen LogP contribution in [-0.2, 0) is 0 Å². The molecule has 4 aromatic rings. The number of rotatable bonds is 4. The summed E-state index contributed by atoms with van der Waals surface area (Å²) in [6.07, 6.45) is 3.03. The molecule has 0 radical (unpaired) electrons. The third-order valence-electron chi connectivity index (χ3n) is 4.29. The van der Waals surface area contributed by atoms with E-state index in [9.17, 15) is 13.6 Å². The minimum atomic E-state index is -0.370. The first-order valence-corrected chi connectivity index (χ1v) is 8.59. The number of nitrogens with zero attached hydrogens (tertiary/aromatic N) is 2. The Bertz CT molecular complexity index is 1080. The van der Waals surface area contributed by atoms with Gasteiger partial charge in [-0.25, -0.2) is 8.78 Å². The summed E-state index contributed by atoms with van der Waals surface area (Å²) in [7, 11) is 0. The maximum Gasteiger partial charge on any atom is 0.193 e. The van der Waals surface area contributed by atoms with Gasteiger partial charge in [0.15, 0.2) is 5.78 Å². The SMILES string of the molecule is O=C(c1ccnc(-c2cccc(F)c2)c1)c1ccnc(-c2cccc(F)c2)c1. The third-order valence-corrected chi connectivity index (χ3v) is 4.29. The van der Waals surface area contributed by atoms with Crippen molar-refractivity contribution < 1.29 is 13.6 Å². The van der Waals surface area contributed by atoms with Crippen LogP contribution in [0.25, 0.3) is 22.5 Å². The highest BCUT2D eigenvalue weighted by molar-refractivity contribution is 6.09. The first-order chi connectivity index (χ1) is 13.6. The van der Waals surface area contributed by atoms with E-state index in [1.807, 2.05) is 0 Å².